The summed E-state index contributed by atoms with van der Waals surface area (Å²) in [4.78, 5) is 0. The summed E-state index contributed by atoms with van der Waals surface area (Å²) in [7, 11) is 0. The molecule has 0 saturated carbocycles. The van der Waals surface area contributed by atoms with Crippen LogP contribution in [0.4, 0.5) is 119 Å². The van der Waals surface area contributed by atoms with Crippen molar-refractivity contribution < 1.29 is 119 Å². The van der Waals surface area contributed by atoms with Gasteiger partial charge in [-0.05, 0) is 0 Å². The van der Waals surface area contributed by atoms with Gasteiger partial charge in [-0.2, -0.15) is 119 Å². The Morgan fingerprint density at radius 2 is 0.381 bits per heavy atom. The lowest BCUT2D eigenvalue weighted by atomic mass is 9.84. The Labute approximate surface area is 210 Å². The fourth-order valence-corrected chi connectivity index (χ4v) is 2.34. The molecule has 0 aromatic rings. The van der Waals surface area contributed by atoms with E-state index in [1.807, 2.05) is 0 Å². The maximum absolute atomic E-state index is 13.6. The van der Waals surface area contributed by atoms with E-state index >= 15 is 0 Å². The van der Waals surface area contributed by atoms with Crippen molar-refractivity contribution in [3.63, 3.8) is 0 Å². The first-order valence-corrected chi connectivity index (χ1v) is 8.97. The molecule has 0 aromatic heterocycles. The van der Waals surface area contributed by atoms with Crippen LogP contribution in [0.2, 0.25) is 0 Å². The molecular formula is C15H4F27. The highest BCUT2D eigenvalue weighted by Gasteiger charge is 3.00. The van der Waals surface area contributed by atoms with E-state index < -0.39 is 90.6 Å². The molecule has 0 bridgehead atoms. The molecule has 0 saturated heterocycles. The Morgan fingerprint density at radius 1 is 0.238 bits per heavy atom. The molecule has 0 spiro atoms. The topological polar surface area (TPSA) is 0 Å². The van der Waals surface area contributed by atoms with Crippen LogP contribution in [0.3, 0.4) is 0 Å². The summed E-state index contributed by atoms with van der Waals surface area (Å²) >= 11 is 0. The molecule has 27 heteroatoms. The van der Waals surface area contributed by atoms with E-state index in [1.165, 1.54) is 0 Å². The van der Waals surface area contributed by atoms with Crippen molar-refractivity contribution in [2.45, 2.75) is 84.2 Å². The van der Waals surface area contributed by atoms with Gasteiger partial charge in [0, 0.05) is 6.42 Å². The third kappa shape index (κ3) is 4.41. The normalized spacial score (nSPS) is 17.1. The summed E-state index contributed by atoms with van der Waals surface area (Å²) in [6.45, 7) is -0.454. The Bertz CT molecular complexity index is 978. The highest BCUT2D eigenvalue weighted by atomic mass is 19.4. The van der Waals surface area contributed by atoms with Crippen LogP contribution < -0.4 is 0 Å². The van der Waals surface area contributed by atoms with Crippen molar-refractivity contribution in [1.29, 1.82) is 0 Å². The van der Waals surface area contributed by atoms with E-state index in [0.29, 0.717) is 0 Å². The lowest BCUT2D eigenvalue weighted by Crippen LogP contribution is -2.78. The number of hydrogen-bond donors (Lipinski definition) is 0. The molecule has 0 aliphatic heterocycles. The first kappa shape index (κ1) is 40.1. The number of hydrogen-bond acceptors (Lipinski definition) is 0. The van der Waals surface area contributed by atoms with Gasteiger partial charge in [0.05, 0.1) is 0 Å². The summed E-state index contributed by atoms with van der Waals surface area (Å²) in [5, 5.41) is 0. The molecule has 0 heterocycles. The van der Waals surface area contributed by atoms with Gasteiger partial charge >= 0.3 is 77.2 Å². The summed E-state index contributed by atoms with van der Waals surface area (Å²) in [6.07, 6.45) is -9.78. The van der Waals surface area contributed by atoms with Gasteiger partial charge in [-0.1, -0.05) is 6.92 Å². The number of rotatable bonds is 12. The van der Waals surface area contributed by atoms with Gasteiger partial charge < -0.3 is 0 Å². The fourth-order valence-electron chi connectivity index (χ4n) is 2.34. The molecule has 0 N–H and O–H groups in total. The Balaban J connectivity index is 7.43. The molecule has 0 aliphatic rings. The lowest BCUT2D eigenvalue weighted by molar-refractivity contribution is -0.484. The van der Waals surface area contributed by atoms with Crippen molar-refractivity contribution in [3.8, 4) is 0 Å². The maximum atomic E-state index is 13.6. The van der Waals surface area contributed by atoms with Crippen molar-refractivity contribution in [1.82, 2.24) is 0 Å². The first-order chi connectivity index (χ1) is 17.6. The standard InChI is InChI=1S/C15H4F27/c1-2-3(16,17)4(18,19)5(20,21)6(22,23)7(24,25)8(26,27)9(28,29)10(30,31)11(32,33)12(34,35)13(36,37)14(38,39)15(40,41)42/h2H,1H3. The Morgan fingerprint density at radius 3 is 0.524 bits per heavy atom. The van der Waals surface area contributed by atoms with E-state index in [1.54, 1.807) is 0 Å². The predicted octanol–water partition coefficient (Wildman–Crippen LogP) is 9.40. The molecule has 0 rings (SSSR count). The van der Waals surface area contributed by atoms with Gasteiger partial charge in [-0.3, -0.25) is 0 Å². The third-order valence-corrected chi connectivity index (χ3v) is 5.08. The Kier molecular flexibility index (Phi) is 9.12. The monoisotopic (exact) mass is 697 g/mol. The molecular weight excluding hydrogens is 693 g/mol. The van der Waals surface area contributed by atoms with Crippen LogP contribution in [0, 0.1) is 6.42 Å². The maximum Gasteiger partial charge on any atom is 0.460 e. The smallest absolute Gasteiger partial charge is 0.199 e. The van der Waals surface area contributed by atoms with E-state index in [9.17, 15) is 119 Å². The zero-order valence-electron chi connectivity index (χ0n) is 18.3. The van der Waals surface area contributed by atoms with Crippen LogP contribution in [-0.4, -0.2) is 77.2 Å². The molecule has 0 amide bonds. The van der Waals surface area contributed by atoms with Crippen molar-refractivity contribution in [2.75, 3.05) is 0 Å². The highest BCUT2D eigenvalue weighted by Crippen LogP contribution is 2.68. The van der Waals surface area contributed by atoms with Gasteiger partial charge in [-0.25, -0.2) is 0 Å². The molecule has 1 radical (unpaired) electrons. The van der Waals surface area contributed by atoms with Crippen LogP contribution in [0.1, 0.15) is 6.92 Å². The van der Waals surface area contributed by atoms with Crippen LogP contribution in [0.15, 0.2) is 0 Å². The second-order valence-electron chi connectivity index (χ2n) is 7.73. The molecule has 0 atom stereocenters. The minimum atomic E-state index is -9.74. The average molecular weight is 697 g/mol. The Hall–Kier alpha value is -1.89. The van der Waals surface area contributed by atoms with Gasteiger partial charge in [0.2, 0.25) is 0 Å². The number of alkyl halides is 27. The zero-order chi connectivity index (χ0) is 35.2. The van der Waals surface area contributed by atoms with Crippen LogP contribution in [0.25, 0.3) is 0 Å². The van der Waals surface area contributed by atoms with Gasteiger partial charge in [0.25, 0.3) is 0 Å². The number of halogens is 27. The second kappa shape index (κ2) is 9.55. The highest BCUT2D eigenvalue weighted by molar-refractivity contribution is 5.20. The van der Waals surface area contributed by atoms with E-state index in [0.717, 1.165) is 0 Å². The minimum Gasteiger partial charge on any atom is -0.199 e. The van der Waals surface area contributed by atoms with E-state index in [-0.39, 0.29) is 0 Å². The lowest BCUT2D eigenvalue weighted by Gasteiger charge is -2.46. The van der Waals surface area contributed by atoms with E-state index in [4.69, 9.17) is 0 Å². The van der Waals surface area contributed by atoms with Crippen LogP contribution >= 0.6 is 0 Å². The second-order valence-corrected chi connectivity index (χ2v) is 7.73. The van der Waals surface area contributed by atoms with Crippen LogP contribution in [0.5, 0.6) is 0 Å². The molecule has 42 heavy (non-hydrogen) atoms. The summed E-state index contributed by atoms with van der Waals surface area (Å²) in [6, 6.07) is 0. The van der Waals surface area contributed by atoms with E-state index in [2.05, 4.69) is 0 Å². The average Bonchev–Trinajstić information content (AvgIpc) is 2.76. The summed E-state index contributed by atoms with van der Waals surface area (Å²) < 4.78 is 355. The molecule has 0 nitrogen and oxygen atoms in total. The predicted molar refractivity (Wildman–Crippen MR) is 75.4 cm³/mol. The first-order valence-electron chi connectivity index (χ1n) is 8.97. The zero-order valence-corrected chi connectivity index (χ0v) is 18.3. The van der Waals surface area contributed by atoms with Crippen molar-refractivity contribution in [3.05, 3.63) is 6.42 Å². The molecule has 0 unspecified atom stereocenters. The van der Waals surface area contributed by atoms with Gasteiger partial charge in [0.1, 0.15) is 0 Å². The third-order valence-electron chi connectivity index (χ3n) is 5.08. The minimum absolute atomic E-state index is 0.454. The summed E-state index contributed by atoms with van der Waals surface area (Å²) in [5.41, 5.74) is 0. The van der Waals surface area contributed by atoms with Crippen LogP contribution in [-0.2, 0) is 0 Å². The van der Waals surface area contributed by atoms with Gasteiger partial charge in [-0.15, -0.1) is 0 Å². The quantitative estimate of drug-likeness (QED) is 0.179. The fraction of sp³-hybridized carbons (Fsp3) is 0.933. The van der Waals surface area contributed by atoms with Crippen molar-refractivity contribution >= 4 is 0 Å². The molecule has 0 aliphatic carbocycles. The van der Waals surface area contributed by atoms with Gasteiger partial charge in [0.15, 0.2) is 0 Å². The van der Waals surface area contributed by atoms with Crippen molar-refractivity contribution in [2.24, 2.45) is 0 Å². The molecule has 0 aromatic carbocycles. The molecule has 253 valence electrons. The summed E-state index contributed by atoms with van der Waals surface area (Å²) in [5.74, 6) is -109. The SMILES string of the molecule is C[CH]C(F)(F)C(F)(F)C(F)(F)C(F)(F)C(F)(F)C(F)(F)C(F)(F)C(F)(F)C(F)(F)C(F)(F)C(F)(F)C(F)(F)C(F)(F)F. The largest absolute Gasteiger partial charge is 0.460 e. The molecule has 0 fully saturated rings.